The van der Waals surface area contributed by atoms with Crippen molar-refractivity contribution in [2.75, 3.05) is 4.90 Å². The normalized spacial score (nSPS) is 15.0. The van der Waals surface area contributed by atoms with E-state index in [9.17, 15) is 9.59 Å². The summed E-state index contributed by atoms with van der Waals surface area (Å²) in [6, 6.07) is 12.4. The van der Waals surface area contributed by atoms with Gasteiger partial charge in [0.15, 0.2) is 6.04 Å². The summed E-state index contributed by atoms with van der Waals surface area (Å²) >= 11 is 1.46. The second kappa shape index (κ2) is 8.96. The molecule has 6 nitrogen and oxygen atoms in total. The molecule has 7 heteroatoms. The lowest BCUT2D eigenvalue weighted by Gasteiger charge is -2.31. The van der Waals surface area contributed by atoms with E-state index >= 15 is 0 Å². The third-order valence-corrected chi connectivity index (χ3v) is 5.98. The van der Waals surface area contributed by atoms with Gasteiger partial charge in [-0.25, -0.2) is 4.98 Å². The Morgan fingerprint density at radius 3 is 2.52 bits per heavy atom. The average molecular weight is 407 g/mol. The Hall–Kier alpha value is -3.06. The van der Waals surface area contributed by atoms with Crippen LogP contribution < -0.4 is 10.2 Å². The predicted molar refractivity (Wildman–Crippen MR) is 113 cm³/mol. The number of hydrogen-bond acceptors (Lipinski definition) is 5. The third-order valence-electron chi connectivity index (χ3n) is 5.06. The topological polar surface area (TPSA) is 75.2 Å². The molecule has 29 heavy (non-hydrogen) atoms. The zero-order chi connectivity index (χ0) is 20.1. The molecule has 0 bridgehead atoms. The van der Waals surface area contributed by atoms with Crippen LogP contribution in [0.4, 0.5) is 5.69 Å². The van der Waals surface area contributed by atoms with Crippen LogP contribution in [0.2, 0.25) is 0 Å². The Balaban J connectivity index is 1.75. The predicted octanol–water partition coefficient (Wildman–Crippen LogP) is 3.99. The van der Waals surface area contributed by atoms with Crippen molar-refractivity contribution in [2.45, 2.75) is 37.8 Å². The van der Waals surface area contributed by atoms with Crippen molar-refractivity contribution >= 4 is 28.8 Å². The molecule has 2 aromatic heterocycles. The molecule has 148 valence electrons. The minimum absolute atomic E-state index is 0.161. The highest BCUT2D eigenvalue weighted by Crippen LogP contribution is 2.32. The third kappa shape index (κ3) is 4.35. The number of nitrogens with zero attached hydrogens (tertiary/aromatic N) is 3. The molecule has 2 amide bonds. The van der Waals surface area contributed by atoms with Gasteiger partial charge in [0.1, 0.15) is 5.69 Å². The summed E-state index contributed by atoms with van der Waals surface area (Å²) in [7, 11) is 0. The first-order chi connectivity index (χ1) is 14.2. The number of benzene rings is 1. The van der Waals surface area contributed by atoms with Crippen LogP contribution in [0, 0.1) is 0 Å². The Morgan fingerprint density at radius 2 is 1.86 bits per heavy atom. The molecule has 3 aromatic rings. The Labute approximate surface area is 173 Å². The molecule has 0 saturated heterocycles. The van der Waals surface area contributed by atoms with Gasteiger partial charge in [0.05, 0.1) is 6.20 Å². The second-order valence-electron chi connectivity index (χ2n) is 7.01. The van der Waals surface area contributed by atoms with Crippen LogP contribution in [0.15, 0.2) is 66.4 Å². The number of carbonyl (C=O) groups excluding carboxylic acids is 2. The van der Waals surface area contributed by atoms with E-state index in [0.29, 0.717) is 5.69 Å². The van der Waals surface area contributed by atoms with Gasteiger partial charge >= 0.3 is 0 Å². The van der Waals surface area contributed by atoms with Gasteiger partial charge in [-0.15, -0.1) is 11.3 Å². The fourth-order valence-electron chi connectivity index (χ4n) is 3.68. The number of hydrogen-bond donors (Lipinski definition) is 1. The van der Waals surface area contributed by atoms with E-state index in [1.807, 2.05) is 47.8 Å². The van der Waals surface area contributed by atoms with Gasteiger partial charge < -0.3 is 5.32 Å². The molecule has 0 aliphatic heterocycles. The molecule has 1 fully saturated rings. The number of thiophene rings is 1. The molecule has 1 saturated carbocycles. The van der Waals surface area contributed by atoms with Crippen molar-refractivity contribution in [3.05, 3.63) is 77.0 Å². The fraction of sp³-hybridized carbons (Fsp3) is 0.273. The average Bonchev–Trinajstić information content (AvgIpc) is 3.47. The van der Waals surface area contributed by atoms with Crippen molar-refractivity contribution in [1.82, 2.24) is 15.3 Å². The number of amides is 2. The van der Waals surface area contributed by atoms with Crippen LogP contribution in [0.3, 0.4) is 0 Å². The lowest BCUT2D eigenvalue weighted by Crippen LogP contribution is -2.46. The SMILES string of the molecule is O=C(NC1CCCC1)C(c1cccs1)N(C(=O)c1cnccn1)c1ccccc1. The molecule has 4 rings (SSSR count). The summed E-state index contributed by atoms with van der Waals surface area (Å²) < 4.78 is 0. The molecular weight excluding hydrogens is 384 g/mol. The van der Waals surface area contributed by atoms with E-state index in [1.54, 1.807) is 0 Å². The van der Waals surface area contributed by atoms with Crippen molar-refractivity contribution in [1.29, 1.82) is 0 Å². The Bertz CT molecular complexity index is 941. The first-order valence-corrected chi connectivity index (χ1v) is 10.6. The van der Waals surface area contributed by atoms with Gasteiger partial charge in [0.25, 0.3) is 5.91 Å². The summed E-state index contributed by atoms with van der Waals surface area (Å²) in [4.78, 5) is 37.4. The summed E-state index contributed by atoms with van der Waals surface area (Å²) in [5.74, 6) is -0.523. The molecule has 1 aliphatic carbocycles. The van der Waals surface area contributed by atoms with E-state index in [2.05, 4.69) is 15.3 Å². The van der Waals surface area contributed by atoms with Gasteiger partial charge in [0.2, 0.25) is 5.91 Å². The van der Waals surface area contributed by atoms with Gasteiger partial charge in [-0.3, -0.25) is 19.5 Å². The largest absolute Gasteiger partial charge is 0.351 e. The van der Waals surface area contributed by atoms with Crippen LogP contribution >= 0.6 is 11.3 Å². The summed E-state index contributed by atoms with van der Waals surface area (Å²) in [5, 5.41) is 5.08. The Kier molecular flexibility index (Phi) is 5.95. The van der Waals surface area contributed by atoms with Crippen LogP contribution in [-0.4, -0.2) is 27.8 Å². The summed E-state index contributed by atoms with van der Waals surface area (Å²) in [5.41, 5.74) is 0.842. The highest BCUT2D eigenvalue weighted by Gasteiger charge is 2.35. The van der Waals surface area contributed by atoms with Crippen LogP contribution in [-0.2, 0) is 4.79 Å². The van der Waals surface area contributed by atoms with Crippen molar-refractivity contribution in [3.63, 3.8) is 0 Å². The molecule has 1 aromatic carbocycles. The molecule has 0 spiro atoms. The number of nitrogens with one attached hydrogen (secondary N) is 1. The van der Waals surface area contributed by atoms with E-state index in [4.69, 9.17) is 0 Å². The van der Waals surface area contributed by atoms with Crippen LogP contribution in [0.25, 0.3) is 0 Å². The zero-order valence-corrected chi connectivity index (χ0v) is 16.7. The zero-order valence-electron chi connectivity index (χ0n) is 15.9. The standard InChI is InChI=1S/C22H22N4O2S/c27-21(25-16-7-4-5-8-16)20(19-11-6-14-29-19)26(17-9-2-1-3-10-17)22(28)18-15-23-12-13-24-18/h1-3,6,9-16,20H,4-5,7-8H2,(H,25,27). The van der Waals surface area contributed by atoms with Gasteiger partial charge in [-0.2, -0.15) is 0 Å². The molecule has 1 unspecified atom stereocenters. The van der Waals surface area contributed by atoms with Crippen LogP contribution in [0.1, 0.15) is 47.1 Å². The van der Waals surface area contributed by atoms with E-state index in [-0.39, 0.29) is 23.6 Å². The highest BCUT2D eigenvalue weighted by molar-refractivity contribution is 7.10. The van der Waals surface area contributed by atoms with Crippen molar-refractivity contribution in [2.24, 2.45) is 0 Å². The minimum atomic E-state index is -0.771. The second-order valence-corrected chi connectivity index (χ2v) is 7.99. The molecule has 1 N–H and O–H groups in total. The quantitative estimate of drug-likeness (QED) is 0.672. The Morgan fingerprint density at radius 1 is 1.07 bits per heavy atom. The highest BCUT2D eigenvalue weighted by atomic mass is 32.1. The van der Waals surface area contributed by atoms with E-state index in [1.165, 1.54) is 34.8 Å². The molecule has 0 radical (unpaired) electrons. The minimum Gasteiger partial charge on any atom is -0.351 e. The summed E-state index contributed by atoms with van der Waals surface area (Å²) in [6.07, 6.45) is 8.63. The number of carbonyl (C=O) groups is 2. The molecule has 1 aliphatic rings. The lowest BCUT2D eigenvalue weighted by molar-refractivity contribution is -0.123. The molecular formula is C22H22N4O2S. The van der Waals surface area contributed by atoms with E-state index < -0.39 is 6.04 Å². The number of anilines is 1. The monoisotopic (exact) mass is 406 g/mol. The first kappa shape index (κ1) is 19.3. The van der Waals surface area contributed by atoms with Gasteiger partial charge in [-0.05, 0) is 36.4 Å². The van der Waals surface area contributed by atoms with Crippen molar-refractivity contribution in [3.8, 4) is 0 Å². The summed E-state index contributed by atoms with van der Waals surface area (Å²) in [6.45, 7) is 0. The number of para-hydroxylation sites is 1. The van der Waals surface area contributed by atoms with Crippen LogP contribution in [0.5, 0.6) is 0 Å². The molecule has 1 atom stereocenters. The maximum absolute atomic E-state index is 13.5. The van der Waals surface area contributed by atoms with E-state index in [0.717, 1.165) is 30.6 Å². The molecule has 2 heterocycles. The lowest BCUT2D eigenvalue weighted by atomic mass is 10.1. The number of rotatable bonds is 6. The van der Waals surface area contributed by atoms with Crippen molar-refractivity contribution < 1.29 is 9.59 Å². The fourth-order valence-corrected chi connectivity index (χ4v) is 4.49. The van der Waals surface area contributed by atoms with Gasteiger partial charge in [0, 0.05) is 29.0 Å². The smallest absolute Gasteiger partial charge is 0.279 e. The maximum atomic E-state index is 13.5. The van der Waals surface area contributed by atoms with Gasteiger partial charge in [-0.1, -0.05) is 37.1 Å². The first-order valence-electron chi connectivity index (χ1n) is 9.72. The maximum Gasteiger partial charge on any atom is 0.279 e. The number of aromatic nitrogens is 2.